The summed E-state index contributed by atoms with van der Waals surface area (Å²) in [7, 11) is 3.30. The average molecular weight is 595 g/mol. The Morgan fingerprint density at radius 1 is 0.644 bits per heavy atom. The van der Waals surface area contributed by atoms with Crippen molar-refractivity contribution >= 4 is 21.8 Å². The van der Waals surface area contributed by atoms with Gasteiger partial charge in [-0.15, -0.1) is 5.10 Å². The first-order valence-corrected chi connectivity index (χ1v) is 14.9. The quantitative estimate of drug-likeness (QED) is 0.184. The van der Waals surface area contributed by atoms with E-state index >= 15 is 0 Å². The highest BCUT2D eigenvalue weighted by Crippen LogP contribution is 2.44. The first-order valence-electron chi connectivity index (χ1n) is 14.9. The Hall–Kier alpha value is -5.56. The van der Waals surface area contributed by atoms with E-state index in [0.29, 0.717) is 23.3 Å². The van der Waals surface area contributed by atoms with Gasteiger partial charge in [0.05, 0.1) is 30.9 Å². The van der Waals surface area contributed by atoms with E-state index in [0.717, 1.165) is 55.7 Å². The van der Waals surface area contributed by atoms with Gasteiger partial charge in [-0.1, -0.05) is 36.4 Å². The number of ether oxygens (including phenoxy) is 3. The van der Waals surface area contributed by atoms with Crippen molar-refractivity contribution in [3.05, 3.63) is 119 Å². The zero-order valence-electron chi connectivity index (χ0n) is 26.3. The minimum atomic E-state index is 0.498. The number of fused-ring (bicyclic) bond motifs is 3. The lowest BCUT2D eigenvalue weighted by molar-refractivity contribution is 0.382. The maximum Gasteiger partial charge on any atom is 0.245 e. The van der Waals surface area contributed by atoms with Gasteiger partial charge < -0.3 is 14.2 Å². The molecule has 4 aromatic carbocycles. The highest BCUT2D eigenvalue weighted by atomic mass is 16.5. The SMILES string of the molecule is COc1nn(-c2cccc(Oc3ccc4c5ccccc5n(-c5cc(C)ccn5)c4c3)c2)c(OC)c1-c1c(C)ccc(C)c1C. The van der Waals surface area contributed by atoms with E-state index in [2.05, 4.69) is 86.9 Å². The van der Waals surface area contributed by atoms with Gasteiger partial charge in [0.1, 0.15) is 22.9 Å². The van der Waals surface area contributed by atoms with Crippen LogP contribution in [-0.2, 0) is 0 Å². The fourth-order valence-electron chi connectivity index (χ4n) is 6.16. The molecule has 0 saturated carbocycles. The maximum atomic E-state index is 6.49. The molecule has 0 aliphatic carbocycles. The van der Waals surface area contributed by atoms with Gasteiger partial charge in [-0.3, -0.25) is 4.57 Å². The standard InChI is InChI=1S/C38H34N4O3/c1-23-18-19-39-34(20-23)41-32-13-8-7-12-30(32)31-17-16-29(22-33(31)41)45-28-11-9-10-27(21-28)42-38(44-6)36(37(40-42)43-5)35-25(3)15-14-24(2)26(35)4/h7-22H,1-6H3. The molecule has 0 fully saturated rings. The minimum Gasteiger partial charge on any atom is -0.480 e. The van der Waals surface area contributed by atoms with Crippen LogP contribution in [0.15, 0.2) is 97.2 Å². The van der Waals surface area contributed by atoms with Crippen LogP contribution < -0.4 is 14.2 Å². The normalized spacial score (nSPS) is 11.3. The van der Waals surface area contributed by atoms with Crippen LogP contribution in [0.3, 0.4) is 0 Å². The maximum absolute atomic E-state index is 6.49. The fraction of sp³-hybridized carbons (Fsp3) is 0.158. The number of benzene rings is 4. The van der Waals surface area contributed by atoms with Gasteiger partial charge in [0.25, 0.3) is 0 Å². The molecule has 0 radical (unpaired) electrons. The summed E-state index contributed by atoms with van der Waals surface area (Å²) < 4.78 is 22.2. The molecule has 0 spiro atoms. The number of pyridine rings is 1. The Labute approximate surface area is 262 Å². The first-order chi connectivity index (χ1) is 21.9. The summed E-state index contributed by atoms with van der Waals surface area (Å²) in [5, 5.41) is 7.13. The van der Waals surface area contributed by atoms with Crippen molar-refractivity contribution in [2.45, 2.75) is 27.7 Å². The molecule has 3 aromatic heterocycles. The van der Waals surface area contributed by atoms with E-state index in [4.69, 9.17) is 24.3 Å². The topological polar surface area (TPSA) is 63.3 Å². The number of aryl methyl sites for hydroxylation is 3. The molecule has 7 aromatic rings. The lowest BCUT2D eigenvalue weighted by Crippen LogP contribution is -2.01. The summed E-state index contributed by atoms with van der Waals surface area (Å²) in [6.45, 7) is 8.40. The first kappa shape index (κ1) is 28.2. The second kappa shape index (κ2) is 11.2. The summed E-state index contributed by atoms with van der Waals surface area (Å²) in [4.78, 5) is 4.70. The molecule has 0 atom stereocenters. The number of methoxy groups -OCH3 is 2. The van der Waals surface area contributed by atoms with Crippen molar-refractivity contribution < 1.29 is 14.2 Å². The van der Waals surface area contributed by atoms with Crippen molar-refractivity contribution in [1.29, 1.82) is 0 Å². The molecule has 45 heavy (non-hydrogen) atoms. The summed E-state index contributed by atoms with van der Waals surface area (Å²) in [6, 6.07) is 30.8. The summed E-state index contributed by atoms with van der Waals surface area (Å²) >= 11 is 0. The molecule has 0 bridgehead atoms. The Balaban J connectivity index is 1.31. The zero-order chi connectivity index (χ0) is 31.2. The predicted octanol–water partition coefficient (Wildman–Crippen LogP) is 9.07. The van der Waals surface area contributed by atoms with Crippen LogP contribution in [0.4, 0.5) is 0 Å². The monoisotopic (exact) mass is 594 g/mol. The van der Waals surface area contributed by atoms with Crippen molar-refractivity contribution in [2.75, 3.05) is 14.2 Å². The number of aromatic nitrogens is 4. The van der Waals surface area contributed by atoms with Crippen molar-refractivity contribution in [3.63, 3.8) is 0 Å². The second-order valence-corrected chi connectivity index (χ2v) is 11.3. The molecule has 3 heterocycles. The van der Waals surface area contributed by atoms with Gasteiger partial charge in [0.2, 0.25) is 11.8 Å². The molecule has 0 N–H and O–H groups in total. The van der Waals surface area contributed by atoms with E-state index in [1.165, 1.54) is 10.9 Å². The van der Waals surface area contributed by atoms with E-state index in [1.54, 1.807) is 18.9 Å². The van der Waals surface area contributed by atoms with Crippen LogP contribution in [-0.4, -0.2) is 33.6 Å². The molecule has 0 saturated heterocycles. The zero-order valence-corrected chi connectivity index (χ0v) is 26.3. The summed E-state index contributed by atoms with van der Waals surface area (Å²) in [5.74, 6) is 3.35. The molecule has 0 unspecified atom stereocenters. The van der Waals surface area contributed by atoms with E-state index in [-0.39, 0.29) is 0 Å². The van der Waals surface area contributed by atoms with Gasteiger partial charge in [0, 0.05) is 29.1 Å². The van der Waals surface area contributed by atoms with Gasteiger partial charge in [-0.05, 0) is 98.0 Å². The van der Waals surface area contributed by atoms with Gasteiger partial charge in [-0.25, -0.2) is 4.98 Å². The van der Waals surface area contributed by atoms with Gasteiger partial charge in [0.15, 0.2) is 0 Å². The van der Waals surface area contributed by atoms with Crippen molar-refractivity contribution in [1.82, 2.24) is 19.3 Å². The molecule has 7 heteroatoms. The van der Waals surface area contributed by atoms with Crippen LogP contribution in [0.5, 0.6) is 23.3 Å². The molecule has 7 rings (SSSR count). The van der Waals surface area contributed by atoms with Gasteiger partial charge >= 0.3 is 0 Å². The van der Waals surface area contributed by atoms with Crippen LogP contribution in [0.2, 0.25) is 0 Å². The molecule has 224 valence electrons. The third-order valence-electron chi connectivity index (χ3n) is 8.47. The number of hydrogen-bond donors (Lipinski definition) is 0. The Morgan fingerprint density at radius 3 is 2.22 bits per heavy atom. The number of rotatable bonds is 7. The molecular weight excluding hydrogens is 560 g/mol. The lowest BCUT2D eigenvalue weighted by atomic mass is 9.94. The third kappa shape index (κ3) is 4.77. The van der Waals surface area contributed by atoms with Crippen molar-refractivity contribution in [3.8, 4) is 45.9 Å². The number of nitrogens with zero attached hydrogens (tertiary/aromatic N) is 4. The largest absolute Gasteiger partial charge is 0.480 e. The molecule has 0 aliphatic heterocycles. The molecule has 0 amide bonds. The molecule has 7 nitrogen and oxygen atoms in total. The van der Waals surface area contributed by atoms with Crippen LogP contribution >= 0.6 is 0 Å². The highest BCUT2D eigenvalue weighted by molar-refractivity contribution is 6.09. The molecule has 0 aliphatic rings. The third-order valence-corrected chi connectivity index (χ3v) is 8.47. The average Bonchev–Trinajstić information content (AvgIpc) is 3.58. The van der Waals surface area contributed by atoms with Gasteiger partial charge in [-0.2, -0.15) is 4.68 Å². The fourth-order valence-corrected chi connectivity index (χ4v) is 6.16. The molecular formula is C38H34N4O3. The van der Waals surface area contributed by atoms with Crippen LogP contribution in [0, 0.1) is 27.7 Å². The predicted molar refractivity (Wildman–Crippen MR) is 180 cm³/mol. The minimum absolute atomic E-state index is 0.498. The van der Waals surface area contributed by atoms with E-state index in [1.807, 2.05) is 42.6 Å². The smallest absolute Gasteiger partial charge is 0.245 e. The Morgan fingerprint density at radius 2 is 1.42 bits per heavy atom. The lowest BCUT2D eigenvalue weighted by Gasteiger charge is -2.14. The second-order valence-electron chi connectivity index (χ2n) is 11.3. The van der Waals surface area contributed by atoms with Crippen LogP contribution in [0.1, 0.15) is 22.3 Å². The van der Waals surface area contributed by atoms with Crippen LogP contribution in [0.25, 0.3) is 44.4 Å². The summed E-state index contributed by atoms with van der Waals surface area (Å²) in [6.07, 6.45) is 1.85. The van der Waals surface area contributed by atoms with Crippen molar-refractivity contribution in [2.24, 2.45) is 0 Å². The summed E-state index contributed by atoms with van der Waals surface area (Å²) in [5.41, 5.74) is 9.43. The Bertz CT molecular complexity index is 2230. The van der Waals surface area contributed by atoms with E-state index < -0.39 is 0 Å². The number of hydrogen-bond acceptors (Lipinski definition) is 5. The van der Waals surface area contributed by atoms with E-state index in [9.17, 15) is 0 Å². The highest BCUT2D eigenvalue weighted by Gasteiger charge is 2.25. The Kier molecular flexibility index (Phi) is 7.01. The number of para-hydroxylation sites is 1.